The van der Waals surface area contributed by atoms with Gasteiger partial charge in [-0.25, -0.2) is 4.79 Å². The van der Waals surface area contributed by atoms with Gasteiger partial charge in [0.05, 0.1) is 7.11 Å². The monoisotopic (exact) mass is 255 g/mol. The second-order valence-electron chi connectivity index (χ2n) is 5.73. The third-order valence-electron chi connectivity index (χ3n) is 4.30. The van der Waals surface area contributed by atoms with E-state index in [1.165, 1.54) is 45.6 Å². The third kappa shape index (κ3) is 5.28. The van der Waals surface area contributed by atoms with Gasteiger partial charge >= 0.3 is 6.09 Å². The number of carbonyl (C=O) groups is 1. The minimum atomic E-state index is -0.281. The Hall–Kier alpha value is -0.730. The number of rotatable bonds is 7. The molecule has 1 N–H and O–H groups in total. The predicted molar refractivity (Wildman–Crippen MR) is 74.6 cm³/mol. The molecule has 1 amide bonds. The van der Waals surface area contributed by atoms with E-state index in [1.807, 2.05) is 0 Å². The summed E-state index contributed by atoms with van der Waals surface area (Å²) in [7, 11) is 1.43. The summed E-state index contributed by atoms with van der Waals surface area (Å²) in [5.74, 6) is 1.58. The summed E-state index contributed by atoms with van der Waals surface area (Å²) in [5, 5.41) is 2.93. The molecule has 1 fully saturated rings. The number of ether oxygens (including phenoxy) is 1. The highest BCUT2D eigenvalue weighted by atomic mass is 16.5. The quantitative estimate of drug-likeness (QED) is 0.695. The van der Waals surface area contributed by atoms with Crippen molar-refractivity contribution in [3.05, 3.63) is 0 Å². The van der Waals surface area contributed by atoms with Gasteiger partial charge in [0, 0.05) is 6.04 Å². The van der Waals surface area contributed by atoms with Crippen LogP contribution in [-0.4, -0.2) is 19.2 Å². The standard InChI is InChI=1S/C15H29NO2/c1-4-5-6-7-8-12(2)13-9-10-14(11-13)16-15(17)18-3/h12-14H,4-11H2,1-3H3,(H,16,17)/t12?,13?,14-/m1/s1. The summed E-state index contributed by atoms with van der Waals surface area (Å²) in [6.45, 7) is 4.63. The molecule has 3 heteroatoms. The van der Waals surface area contributed by atoms with Gasteiger partial charge in [0.2, 0.25) is 0 Å². The predicted octanol–water partition coefficient (Wildman–Crippen LogP) is 4.12. The lowest BCUT2D eigenvalue weighted by Gasteiger charge is -2.19. The second-order valence-corrected chi connectivity index (χ2v) is 5.73. The van der Waals surface area contributed by atoms with Gasteiger partial charge in [-0.05, 0) is 31.1 Å². The Balaban J connectivity index is 2.17. The van der Waals surface area contributed by atoms with Gasteiger partial charge in [-0.15, -0.1) is 0 Å². The van der Waals surface area contributed by atoms with E-state index in [2.05, 4.69) is 23.9 Å². The molecule has 1 aliphatic carbocycles. The van der Waals surface area contributed by atoms with Crippen molar-refractivity contribution in [3.63, 3.8) is 0 Å². The van der Waals surface area contributed by atoms with Crippen molar-refractivity contribution in [1.29, 1.82) is 0 Å². The lowest BCUT2D eigenvalue weighted by Crippen LogP contribution is -2.33. The van der Waals surface area contributed by atoms with Crippen LogP contribution in [0.2, 0.25) is 0 Å². The van der Waals surface area contributed by atoms with E-state index in [0.29, 0.717) is 6.04 Å². The molecule has 0 radical (unpaired) electrons. The summed E-state index contributed by atoms with van der Waals surface area (Å²) in [6.07, 6.45) is 9.96. The summed E-state index contributed by atoms with van der Waals surface area (Å²) in [4.78, 5) is 11.2. The summed E-state index contributed by atoms with van der Waals surface area (Å²) in [6, 6.07) is 0.334. The zero-order valence-corrected chi connectivity index (χ0v) is 12.2. The van der Waals surface area contributed by atoms with E-state index in [9.17, 15) is 4.79 Å². The Morgan fingerprint density at radius 2 is 2.11 bits per heavy atom. The molecule has 3 atom stereocenters. The number of hydrogen-bond donors (Lipinski definition) is 1. The highest BCUT2D eigenvalue weighted by Crippen LogP contribution is 2.34. The maximum Gasteiger partial charge on any atom is 0.407 e. The zero-order valence-electron chi connectivity index (χ0n) is 12.2. The number of unbranched alkanes of at least 4 members (excludes halogenated alkanes) is 3. The van der Waals surface area contributed by atoms with Crippen molar-refractivity contribution in [2.45, 2.75) is 71.3 Å². The van der Waals surface area contributed by atoms with E-state index in [4.69, 9.17) is 0 Å². The van der Waals surface area contributed by atoms with Crippen molar-refractivity contribution in [3.8, 4) is 0 Å². The molecule has 1 saturated carbocycles. The first-order valence-electron chi connectivity index (χ1n) is 7.51. The Kier molecular flexibility index (Phi) is 7.14. The summed E-state index contributed by atoms with van der Waals surface area (Å²) >= 11 is 0. The molecule has 3 nitrogen and oxygen atoms in total. The molecule has 0 heterocycles. The molecule has 2 unspecified atom stereocenters. The Morgan fingerprint density at radius 3 is 2.78 bits per heavy atom. The molecular weight excluding hydrogens is 226 g/mol. The molecule has 1 aliphatic rings. The fourth-order valence-electron chi connectivity index (χ4n) is 3.02. The Morgan fingerprint density at radius 1 is 1.33 bits per heavy atom. The number of alkyl carbamates (subject to hydrolysis) is 1. The van der Waals surface area contributed by atoms with E-state index >= 15 is 0 Å². The van der Waals surface area contributed by atoms with Crippen LogP contribution >= 0.6 is 0 Å². The maximum absolute atomic E-state index is 11.2. The number of hydrogen-bond acceptors (Lipinski definition) is 2. The van der Waals surface area contributed by atoms with Crippen LogP contribution in [0.25, 0.3) is 0 Å². The molecule has 106 valence electrons. The summed E-state index contributed by atoms with van der Waals surface area (Å²) < 4.78 is 4.65. The van der Waals surface area contributed by atoms with Crippen LogP contribution in [0.1, 0.15) is 65.2 Å². The Bertz CT molecular complexity index is 243. The van der Waals surface area contributed by atoms with Gasteiger partial charge in [0.15, 0.2) is 0 Å². The van der Waals surface area contributed by atoms with Crippen LogP contribution in [0.5, 0.6) is 0 Å². The molecule has 1 rings (SSSR count). The molecule has 0 bridgehead atoms. The molecule has 18 heavy (non-hydrogen) atoms. The van der Waals surface area contributed by atoms with Crippen LogP contribution in [0.4, 0.5) is 4.79 Å². The van der Waals surface area contributed by atoms with Crippen LogP contribution in [0.3, 0.4) is 0 Å². The number of nitrogens with one attached hydrogen (secondary N) is 1. The highest BCUT2D eigenvalue weighted by Gasteiger charge is 2.29. The summed E-state index contributed by atoms with van der Waals surface area (Å²) in [5.41, 5.74) is 0. The topological polar surface area (TPSA) is 38.3 Å². The first-order chi connectivity index (χ1) is 8.67. The number of methoxy groups -OCH3 is 1. The van der Waals surface area contributed by atoms with Crippen molar-refractivity contribution in [1.82, 2.24) is 5.32 Å². The van der Waals surface area contributed by atoms with Gasteiger partial charge in [-0.1, -0.05) is 46.0 Å². The van der Waals surface area contributed by atoms with Crippen LogP contribution < -0.4 is 5.32 Å². The average Bonchev–Trinajstić information content (AvgIpc) is 2.82. The fourth-order valence-corrected chi connectivity index (χ4v) is 3.02. The van der Waals surface area contributed by atoms with Gasteiger partial charge in [0.1, 0.15) is 0 Å². The van der Waals surface area contributed by atoms with Crippen molar-refractivity contribution < 1.29 is 9.53 Å². The first-order valence-corrected chi connectivity index (χ1v) is 7.51. The normalized spacial score (nSPS) is 24.8. The van der Waals surface area contributed by atoms with Gasteiger partial charge < -0.3 is 10.1 Å². The van der Waals surface area contributed by atoms with Gasteiger partial charge in [-0.2, -0.15) is 0 Å². The lowest BCUT2D eigenvalue weighted by molar-refractivity contribution is 0.166. The fraction of sp³-hybridized carbons (Fsp3) is 0.933. The largest absolute Gasteiger partial charge is 0.453 e. The maximum atomic E-state index is 11.2. The first kappa shape index (κ1) is 15.3. The van der Waals surface area contributed by atoms with E-state index in [0.717, 1.165) is 24.7 Å². The van der Waals surface area contributed by atoms with Crippen LogP contribution in [-0.2, 0) is 4.74 Å². The minimum Gasteiger partial charge on any atom is -0.453 e. The highest BCUT2D eigenvalue weighted by molar-refractivity contribution is 5.67. The smallest absolute Gasteiger partial charge is 0.407 e. The Labute approximate surface area is 112 Å². The third-order valence-corrected chi connectivity index (χ3v) is 4.30. The van der Waals surface area contributed by atoms with E-state index in [1.54, 1.807) is 0 Å². The van der Waals surface area contributed by atoms with Crippen LogP contribution in [0.15, 0.2) is 0 Å². The average molecular weight is 255 g/mol. The van der Waals surface area contributed by atoms with Crippen molar-refractivity contribution in [2.24, 2.45) is 11.8 Å². The van der Waals surface area contributed by atoms with Crippen LogP contribution in [0, 0.1) is 11.8 Å². The van der Waals surface area contributed by atoms with E-state index < -0.39 is 0 Å². The lowest BCUT2D eigenvalue weighted by atomic mass is 9.88. The molecule has 0 aromatic heterocycles. The number of amides is 1. The molecule has 0 aromatic rings. The SMILES string of the molecule is CCCCCCC(C)C1CC[C@@H](NC(=O)OC)C1. The second kappa shape index (κ2) is 8.39. The van der Waals surface area contributed by atoms with Gasteiger partial charge in [0.25, 0.3) is 0 Å². The molecule has 0 aliphatic heterocycles. The van der Waals surface area contributed by atoms with Gasteiger partial charge in [-0.3, -0.25) is 0 Å². The van der Waals surface area contributed by atoms with E-state index in [-0.39, 0.29) is 6.09 Å². The molecular formula is C15H29NO2. The minimum absolute atomic E-state index is 0.281. The van der Waals surface area contributed by atoms with Crippen molar-refractivity contribution >= 4 is 6.09 Å². The molecule has 0 saturated heterocycles. The molecule has 0 spiro atoms. The number of carbonyl (C=O) groups excluding carboxylic acids is 1. The zero-order chi connectivity index (χ0) is 13.4. The van der Waals surface area contributed by atoms with Crippen molar-refractivity contribution in [2.75, 3.05) is 7.11 Å². The molecule has 0 aromatic carbocycles.